The van der Waals surface area contributed by atoms with Crippen LogP contribution in [0.5, 0.6) is 0 Å². The van der Waals surface area contributed by atoms with Crippen molar-refractivity contribution >= 4 is 17.6 Å². The second-order valence-corrected chi connectivity index (χ2v) is 3.48. The summed E-state index contributed by atoms with van der Waals surface area (Å²) in [6.07, 6.45) is 1.09. The van der Waals surface area contributed by atoms with Gasteiger partial charge in [0.05, 0.1) is 12.6 Å². The number of ketones is 1. The molecule has 7 heteroatoms. The smallest absolute Gasteiger partial charge is 0.237 e. The van der Waals surface area contributed by atoms with Crippen LogP contribution in [0.3, 0.4) is 0 Å². The van der Waals surface area contributed by atoms with E-state index in [0.717, 1.165) is 0 Å². The van der Waals surface area contributed by atoms with Gasteiger partial charge in [0.15, 0.2) is 5.96 Å². The van der Waals surface area contributed by atoms with Gasteiger partial charge >= 0.3 is 0 Å². The van der Waals surface area contributed by atoms with Crippen molar-refractivity contribution in [3.05, 3.63) is 0 Å². The number of guanidine groups is 1. The summed E-state index contributed by atoms with van der Waals surface area (Å²) in [5.41, 5.74) is 15.8. The second kappa shape index (κ2) is 7.63. The lowest BCUT2D eigenvalue weighted by Gasteiger charge is -2.10. The van der Waals surface area contributed by atoms with Crippen LogP contribution in [0.4, 0.5) is 0 Å². The Labute approximate surface area is 94.4 Å². The molecule has 7 N–H and O–H groups in total. The van der Waals surface area contributed by atoms with E-state index in [1.165, 1.54) is 6.92 Å². The summed E-state index contributed by atoms with van der Waals surface area (Å²) in [5, 5.41) is 2.43. The zero-order valence-corrected chi connectivity index (χ0v) is 9.40. The lowest BCUT2D eigenvalue weighted by atomic mass is 10.1. The van der Waals surface area contributed by atoms with Gasteiger partial charge in [-0.05, 0) is 19.8 Å². The van der Waals surface area contributed by atoms with Crippen LogP contribution in [0.1, 0.15) is 19.8 Å². The van der Waals surface area contributed by atoms with Crippen LogP contribution in [0, 0.1) is 0 Å². The topological polar surface area (TPSA) is 137 Å². The molecule has 0 aromatic rings. The maximum atomic E-state index is 11.3. The predicted octanol–water partition coefficient (Wildman–Crippen LogP) is -1.93. The summed E-state index contributed by atoms with van der Waals surface area (Å²) in [4.78, 5) is 25.7. The van der Waals surface area contributed by atoms with Crippen molar-refractivity contribution in [3.8, 4) is 0 Å². The number of nitrogens with two attached hydrogens (primary N) is 3. The second-order valence-electron chi connectivity index (χ2n) is 3.48. The minimum atomic E-state index is -0.631. The average molecular weight is 229 g/mol. The summed E-state index contributed by atoms with van der Waals surface area (Å²) < 4.78 is 0. The van der Waals surface area contributed by atoms with Gasteiger partial charge in [-0.1, -0.05) is 0 Å². The van der Waals surface area contributed by atoms with E-state index in [0.29, 0.717) is 19.4 Å². The van der Waals surface area contributed by atoms with Gasteiger partial charge in [-0.15, -0.1) is 0 Å². The molecule has 0 aliphatic rings. The molecule has 1 amide bonds. The highest BCUT2D eigenvalue weighted by Crippen LogP contribution is 1.95. The highest BCUT2D eigenvalue weighted by Gasteiger charge is 2.12. The monoisotopic (exact) mass is 229 g/mol. The number of hydrogen-bond acceptors (Lipinski definition) is 4. The van der Waals surface area contributed by atoms with E-state index >= 15 is 0 Å². The lowest BCUT2D eigenvalue weighted by Crippen LogP contribution is -2.42. The van der Waals surface area contributed by atoms with E-state index in [1.807, 2.05) is 0 Å². The number of hydrogen-bond donors (Lipinski definition) is 4. The number of carbonyl (C=O) groups is 2. The first-order valence-electron chi connectivity index (χ1n) is 5.01. The van der Waals surface area contributed by atoms with Gasteiger partial charge in [0.1, 0.15) is 5.78 Å². The molecule has 0 saturated heterocycles. The van der Waals surface area contributed by atoms with Crippen LogP contribution in [-0.2, 0) is 9.59 Å². The summed E-state index contributed by atoms with van der Waals surface area (Å²) in [5.74, 6) is -0.421. The third-order valence-electron chi connectivity index (χ3n) is 1.82. The first kappa shape index (κ1) is 14.4. The molecule has 0 aromatic heterocycles. The molecule has 0 radical (unpaired) electrons. The lowest BCUT2D eigenvalue weighted by molar-refractivity contribution is -0.125. The van der Waals surface area contributed by atoms with E-state index in [-0.39, 0.29) is 24.2 Å². The van der Waals surface area contributed by atoms with Crippen LogP contribution in [0.25, 0.3) is 0 Å². The Kier molecular flexibility index (Phi) is 6.86. The minimum absolute atomic E-state index is 0.0143. The Hall–Kier alpha value is -1.63. The van der Waals surface area contributed by atoms with Gasteiger partial charge in [0.25, 0.3) is 0 Å². The third-order valence-corrected chi connectivity index (χ3v) is 1.82. The molecule has 0 aliphatic heterocycles. The Morgan fingerprint density at radius 2 is 2.00 bits per heavy atom. The summed E-state index contributed by atoms with van der Waals surface area (Å²) in [6, 6.07) is -0.631. The van der Waals surface area contributed by atoms with Gasteiger partial charge in [-0.3, -0.25) is 14.6 Å². The van der Waals surface area contributed by atoms with Crippen LogP contribution in [0.15, 0.2) is 4.99 Å². The van der Waals surface area contributed by atoms with E-state index in [9.17, 15) is 9.59 Å². The fourth-order valence-electron chi connectivity index (χ4n) is 0.993. The third kappa shape index (κ3) is 7.74. The molecule has 0 aromatic carbocycles. The molecule has 1 atom stereocenters. The fraction of sp³-hybridized carbons (Fsp3) is 0.667. The Morgan fingerprint density at radius 3 is 2.50 bits per heavy atom. The molecule has 0 spiro atoms. The molecule has 7 nitrogen and oxygen atoms in total. The van der Waals surface area contributed by atoms with E-state index in [2.05, 4.69) is 10.3 Å². The maximum absolute atomic E-state index is 11.3. The van der Waals surface area contributed by atoms with Crippen molar-refractivity contribution in [1.29, 1.82) is 0 Å². The molecule has 0 heterocycles. The molecule has 0 unspecified atom stereocenters. The van der Waals surface area contributed by atoms with Gasteiger partial charge in [0, 0.05) is 6.54 Å². The Morgan fingerprint density at radius 1 is 1.38 bits per heavy atom. The van der Waals surface area contributed by atoms with Gasteiger partial charge in [0.2, 0.25) is 5.91 Å². The summed E-state index contributed by atoms with van der Waals surface area (Å²) in [6.45, 7) is 1.85. The maximum Gasteiger partial charge on any atom is 0.237 e. The molecule has 16 heavy (non-hydrogen) atoms. The molecule has 0 aliphatic carbocycles. The van der Waals surface area contributed by atoms with E-state index in [1.54, 1.807) is 0 Å². The highest BCUT2D eigenvalue weighted by molar-refractivity contribution is 5.87. The summed E-state index contributed by atoms with van der Waals surface area (Å²) >= 11 is 0. The first-order chi connectivity index (χ1) is 7.43. The van der Waals surface area contributed by atoms with E-state index < -0.39 is 6.04 Å². The fourth-order valence-corrected chi connectivity index (χ4v) is 0.993. The van der Waals surface area contributed by atoms with Crippen LogP contribution in [0.2, 0.25) is 0 Å². The molecule has 92 valence electrons. The minimum Gasteiger partial charge on any atom is -0.370 e. The zero-order valence-electron chi connectivity index (χ0n) is 9.40. The highest BCUT2D eigenvalue weighted by atomic mass is 16.2. The summed E-state index contributed by atoms with van der Waals surface area (Å²) in [7, 11) is 0. The number of nitrogens with one attached hydrogen (secondary N) is 1. The van der Waals surface area contributed by atoms with Gasteiger partial charge < -0.3 is 22.5 Å². The van der Waals surface area contributed by atoms with Crippen molar-refractivity contribution in [2.24, 2.45) is 22.2 Å². The van der Waals surface area contributed by atoms with Crippen LogP contribution < -0.4 is 22.5 Å². The van der Waals surface area contributed by atoms with Crippen LogP contribution in [-0.4, -0.2) is 36.8 Å². The molecular weight excluding hydrogens is 210 g/mol. The Bertz CT molecular complexity index is 273. The van der Waals surface area contributed by atoms with Gasteiger partial charge in [-0.25, -0.2) is 0 Å². The molecule has 0 bridgehead atoms. The molecule has 0 rings (SSSR count). The number of aliphatic imine (C=N–C) groups is 1. The van der Waals surface area contributed by atoms with E-state index in [4.69, 9.17) is 17.2 Å². The Balaban J connectivity index is 3.71. The zero-order chi connectivity index (χ0) is 12.6. The van der Waals surface area contributed by atoms with Crippen molar-refractivity contribution in [3.63, 3.8) is 0 Å². The van der Waals surface area contributed by atoms with Gasteiger partial charge in [-0.2, -0.15) is 0 Å². The standard InChI is InChI=1S/C9H19N5O2/c1-6(15)5-14-8(16)7(10)3-2-4-13-9(11)12/h7H,2-5,10H2,1H3,(H,14,16)(H4,11,12,13)/t7-/m0/s1. The molecule has 0 fully saturated rings. The first-order valence-corrected chi connectivity index (χ1v) is 5.01. The quantitative estimate of drug-likeness (QED) is 0.229. The SMILES string of the molecule is CC(=O)CNC(=O)[C@@H](N)CCCN=C(N)N. The van der Waals surface area contributed by atoms with Crippen LogP contribution >= 0.6 is 0 Å². The number of rotatable bonds is 7. The van der Waals surface area contributed by atoms with Crippen molar-refractivity contribution in [2.75, 3.05) is 13.1 Å². The normalized spacial score (nSPS) is 11.6. The van der Waals surface area contributed by atoms with Crippen molar-refractivity contribution in [1.82, 2.24) is 5.32 Å². The molecular formula is C9H19N5O2. The number of nitrogens with zero attached hydrogens (tertiary/aromatic N) is 1. The number of amides is 1. The number of Topliss-reactive ketones (excluding diaryl/α,β-unsaturated/α-hetero) is 1. The number of carbonyl (C=O) groups excluding carboxylic acids is 2. The largest absolute Gasteiger partial charge is 0.370 e. The van der Waals surface area contributed by atoms with Crippen molar-refractivity contribution in [2.45, 2.75) is 25.8 Å². The average Bonchev–Trinajstić information content (AvgIpc) is 2.20. The van der Waals surface area contributed by atoms with Crippen molar-refractivity contribution < 1.29 is 9.59 Å². The molecule has 0 saturated carbocycles. The predicted molar refractivity (Wildman–Crippen MR) is 61.6 cm³/mol.